The number of ether oxygens (including phenoxy) is 4. The maximum Gasteiger partial charge on any atom is 0.257 e. The third-order valence-corrected chi connectivity index (χ3v) is 6.60. The summed E-state index contributed by atoms with van der Waals surface area (Å²) in [6.07, 6.45) is -4.43. The molecular weight excluding hydrogens is 438 g/mol. The number of imide groups is 1. The predicted molar refractivity (Wildman–Crippen MR) is 120 cm³/mol. The fourth-order valence-electron chi connectivity index (χ4n) is 4.57. The lowest BCUT2D eigenvalue weighted by atomic mass is 9.94. The minimum Gasteiger partial charge on any atom is -0.388 e. The molecule has 2 aromatic rings. The lowest BCUT2D eigenvalue weighted by Crippen LogP contribution is -2.67. The standard InChI is InChI=1S/C26H27NO7/c1-15-16(2)24(30)27(23(15)29)20-21(28)22-19(14-32-25(34-22)18-11-7-4-8-12-18)33-26(20)31-13-17-9-5-3-6-10-17/h3-12,19-22,25-26,28H,13-14H2,1-2H3/t19-,20-,21-,22-,25?,26-/m1/s1. The van der Waals surface area contributed by atoms with Crippen molar-refractivity contribution in [2.24, 2.45) is 0 Å². The molecule has 178 valence electrons. The molecular formula is C26H27NO7. The Balaban J connectivity index is 1.42. The van der Waals surface area contributed by atoms with Gasteiger partial charge in [-0.15, -0.1) is 0 Å². The van der Waals surface area contributed by atoms with E-state index in [9.17, 15) is 14.7 Å². The summed E-state index contributed by atoms with van der Waals surface area (Å²) in [4.78, 5) is 27.0. The molecule has 2 fully saturated rings. The maximum atomic E-state index is 13.0. The minimum atomic E-state index is -1.23. The Morgan fingerprint density at radius 1 is 0.941 bits per heavy atom. The molecule has 2 saturated heterocycles. The van der Waals surface area contributed by atoms with Gasteiger partial charge in [-0.25, -0.2) is 0 Å². The Labute approximate surface area is 197 Å². The van der Waals surface area contributed by atoms with Gasteiger partial charge in [0.1, 0.15) is 24.4 Å². The quantitative estimate of drug-likeness (QED) is 0.678. The van der Waals surface area contributed by atoms with Crippen LogP contribution in [0.3, 0.4) is 0 Å². The van der Waals surface area contributed by atoms with E-state index in [1.807, 2.05) is 60.7 Å². The Hall–Kier alpha value is -2.88. The van der Waals surface area contributed by atoms with Gasteiger partial charge in [0.15, 0.2) is 12.6 Å². The normalized spacial score (nSPS) is 31.7. The largest absolute Gasteiger partial charge is 0.388 e. The first-order chi connectivity index (χ1) is 16.5. The number of amides is 2. The second-order valence-corrected chi connectivity index (χ2v) is 8.73. The van der Waals surface area contributed by atoms with Gasteiger partial charge in [0.25, 0.3) is 11.8 Å². The fourth-order valence-corrected chi connectivity index (χ4v) is 4.57. The van der Waals surface area contributed by atoms with Gasteiger partial charge >= 0.3 is 0 Å². The van der Waals surface area contributed by atoms with Crippen molar-refractivity contribution >= 4 is 11.8 Å². The topological polar surface area (TPSA) is 94.5 Å². The molecule has 0 aromatic heterocycles. The van der Waals surface area contributed by atoms with Gasteiger partial charge in [-0.2, -0.15) is 0 Å². The summed E-state index contributed by atoms with van der Waals surface area (Å²) >= 11 is 0. The molecule has 0 radical (unpaired) electrons. The van der Waals surface area contributed by atoms with Crippen molar-refractivity contribution in [1.29, 1.82) is 0 Å². The lowest BCUT2D eigenvalue weighted by Gasteiger charge is -2.49. The first kappa shape index (κ1) is 22.9. The Morgan fingerprint density at radius 2 is 1.56 bits per heavy atom. The smallest absolute Gasteiger partial charge is 0.257 e. The van der Waals surface area contributed by atoms with Crippen LogP contribution in [0.1, 0.15) is 31.3 Å². The van der Waals surface area contributed by atoms with Gasteiger partial charge in [0.2, 0.25) is 0 Å². The maximum absolute atomic E-state index is 13.0. The molecule has 3 aliphatic heterocycles. The number of rotatable bonds is 5. The van der Waals surface area contributed by atoms with E-state index in [1.54, 1.807) is 13.8 Å². The van der Waals surface area contributed by atoms with Gasteiger partial charge in [-0.3, -0.25) is 14.5 Å². The second kappa shape index (κ2) is 9.40. The Kier molecular flexibility index (Phi) is 6.33. The van der Waals surface area contributed by atoms with Crippen molar-refractivity contribution in [3.05, 3.63) is 82.9 Å². The number of benzene rings is 2. The van der Waals surface area contributed by atoms with E-state index in [1.165, 1.54) is 0 Å². The molecule has 8 heteroatoms. The first-order valence-electron chi connectivity index (χ1n) is 11.3. The molecule has 3 aliphatic rings. The van der Waals surface area contributed by atoms with Crippen molar-refractivity contribution in [3.63, 3.8) is 0 Å². The predicted octanol–water partition coefficient (Wildman–Crippen LogP) is 2.48. The van der Waals surface area contributed by atoms with Crippen LogP contribution in [0.4, 0.5) is 0 Å². The average Bonchev–Trinajstić information content (AvgIpc) is 3.06. The van der Waals surface area contributed by atoms with Gasteiger partial charge in [0, 0.05) is 16.7 Å². The summed E-state index contributed by atoms with van der Waals surface area (Å²) in [5, 5.41) is 11.5. The van der Waals surface area contributed by atoms with Gasteiger partial charge in [-0.05, 0) is 19.4 Å². The number of hydrogen-bond acceptors (Lipinski definition) is 7. The van der Waals surface area contributed by atoms with Gasteiger partial charge in [-0.1, -0.05) is 60.7 Å². The van der Waals surface area contributed by atoms with E-state index in [0.717, 1.165) is 16.0 Å². The number of carbonyl (C=O) groups excluding carboxylic acids is 2. The van der Waals surface area contributed by atoms with Crippen LogP contribution in [0.15, 0.2) is 71.8 Å². The summed E-state index contributed by atoms with van der Waals surface area (Å²) in [5.74, 6) is -0.929. The third-order valence-electron chi connectivity index (χ3n) is 6.60. The summed E-state index contributed by atoms with van der Waals surface area (Å²) in [7, 11) is 0. The molecule has 5 rings (SSSR count). The number of aliphatic hydroxyl groups excluding tert-OH is 1. The molecule has 8 nitrogen and oxygen atoms in total. The van der Waals surface area contributed by atoms with Crippen LogP contribution >= 0.6 is 0 Å². The van der Waals surface area contributed by atoms with Crippen molar-refractivity contribution in [1.82, 2.24) is 4.90 Å². The van der Waals surface area contributed by atoms with E-state index in [0.29, 0.717) is 11.1 Å². The van der Waals surface area contributed by atoms with Gasteiger partial charge in [0.05, 0.1) is 13.2 Å². The highest BCUT2D eigenvalue weighted by Crippen LogP contribution is 2.38. The van der Waals surface area contributed by atoms with E-state index in [4.69, 9.17) is 18.9 Å². The number of fused-ring (bicyclic) bond motifs is 1. The van der Waals surface area contributed by atoms with Crippen molar-refractivity contribution in [2.75, 3.05) is 6.61 Å². The molecule has 6 atom stereocenters. The average molecular weight is 466 g/mol. The first-order valence-corrected chi connectivity index (χ1v) is 11.3. The van der Waals surface area contributed by atoms with E-state index in [2.05, 4.69) is 0 Å². The summed E-state index contributed by atoms with van der Waals surface area (Å²) in [6, 6.07) is 17.8. The summed E-state index contributed by atoms with van der Waals surface area (Å²) in [5.41, 5.74) is 2.38. The van der Waals surface area contributed by atoms with E-state index < -0.39 is 48.7 Å². The lowest BCUT2D eigenvalue weighted by molar-refractivity contribution is -0.351. The third kappa shape index (κ3) is 4.08. The minimum absolute atomic E-state index is 0.164. The zero-order valence-electron chi connectivity index (χ0n) is 19.0. The SMILES string of the molecule is CC1=C(C)C(=O)N([C@H]2[C@H](OCc3ccccc3)O[C@@H]3COC(c4ccccc4)O[C@H]3[C@@H]2O)C1=O. The molecule has 2 aromatic carbocycles. The highest BCUT2D eigenvalue weighted by Gasteiger charge is 2.55. The molecule has 1 N–H and O–H groups in total. The van der Waals surface area contributed by atoms with E-state index in [-0.39, 0.29) is 13.2 Å². The molecule has 3 heterocycles. The fraction of sp³-hybridized carbons (Fsp3) is 0.385. The summed E-state index contributed by atoms with van der Waals surface area (Å²) in [6.45, 7) is 3.55. The van der Waals surface area contributed by atoms with Crippen LogP contribution in [0.5, 0.6) is 0 Å². The van der Waals surface area contributed by atoms with Crippen molar-refractivity contribution < 1.29 is 33.6 Å². The van der Waals surface area contributed by atoms with Crippen LogP contribution in [0, 0.1) is 0 Å². The number of hydrogen-bond donors (Lipinski definition) is 1. The Morgan fingerprint density at radius 3 is 2.21 bits per heavy atom. The zero-order chi connectivity index (χ0) is 23.8. The van der Waals surface area contributed by atoms with Crippen LogP contribution in [0.25, 0.3) is 0 Å². The highest BCUT2D eigenvalue weighted by atomic mass is 16.7. The van der Waals surface area contributed by atoms with Gasteiger partial charge < -0.3 is 24.1 Å². The molecule has 0 aliphatic carbocycles. The number of nitrogens with zero attached hydrogens (tertiary/aromatic N) is 1. The molecule has 1 unspecified atom stereocenters. The zero-order valence-corrected chi connectivity index (χ0v) is 19.0. The van der Waals surface area contributed by atoms with Crippen LogP contribution in [-0.4, -0.2) is 59.1 Å². The van der Waals surface area contributed by atoms with Crippen LogP contribution < -0.4 is 0 Å². The van der Waals surface area contributed by atoms with Crippen molar-refractivity contribution in [3.8, 4) is 0 Å². The van der Waals surface area contributed by atoms with Crippen LogP contribution in [0.2, 0.25) is 0 Å². The Bertz CT molecular complexity index is 1060. The molecule has 0 bridgehead atoms. The second-order valence-electron chi connectivity index (χ2n) is 8.73. The molecule has 0 saturated carbocycles. The van der Waals surface area contributed by atoms with Crippen molar-refractivity contribution in [2.45, 2.75) is 57.4 Å². The molecule has 2 amide bonds. The number of aliphatic hydroxyl groups is 1. The molecule has 0 spiro atoms. The van der Waals surface area contributed by atoms with Crippen LogP contribution in [-0.2, 0) is 35.1 Å². The molecule has 34 heavy (non-hydrogen) atoms. The summed E-state index contributed by atoms with van der Waals surface area (Å²) < 4.78 is 24.2. The number of carbonyl (C=O) groups is 2. The highest BCUT2D eigenvalue weighted by molar-refractivity contribution is 6.19. The van der Waals surface area contributed by atoms with E-state index >= 15 is 0 Å². The monoisotopic (exact) mass is 465 g/mol.